The van der Waals surface area contributed by atoms with Crippen LogP contribution in [0.15, 0.2) is 48.6 Å². The molecule has 3 nitrogen and oxygen atoms in total. The Morgan fingerprint density at radius 2 is 1.64 bits per heavy atom. The molecule has 0 unspecified atom stereocenters. The zero-order chi connectivity index (χ0) is 30.1. The number of ether oxygens (including phenoxy) is 1. The Morgan fingerprint density at radius 3 is 2.36 bits per heavy atom. The zero-order valence-electron chi connectivity index (χ0n) is 27.3. The lowest BCUT2D eigenvalue weighted by Gasteiger charge is -2.73. The van der Waals surface area contributed by atoms with Crippen molar-refractivity contribution in [2.75, 3.05) is 6.61 Å². The van der Waals surface area contributed by atoms with Gasteiger partial charge in [0.2, 0.25) is 0 Å². The Hall–Kier alpha value is -1.87. The second-order valence-electron chi connectivity index (χ2n) is 16.8. The summed E-state index contributed by atoms with van der Waals surface area (Å²) in [6.07, 6.45) is 15.2. The van der Waals surface area contributed by atoms with E-state index in [-0.39, 0.29) is 28.3 Å². The molecule has 0 saturated heterocycles. The molecule has 1 N–H and O–H groups in total. The number of benzene rings is 1. The lowest BCUT2D eigenvalue weighted by atomic mass is 9.32. The molecule has 0 spiro atoms. The zero-order valence-corrected chi connectivity index (χ0v) is 27.3. The standard InChI is InChI=1S/C39H56O3/c1-26(2)28-17-22-39(25-42-33(41)16-13-27-11-9-8-10-12-27)24-23-37(6)29(34(28)39)14-15-31-36(5)20-19-32(40)35(3,4)30(36)18-21-38(31,37)7/h8-13,16,28-32,34,40H,1,14-15,17-25H2,2-7H3/b16-13+/t28-,29+,30+,31+,32-,34+,36-,37+,38+,39+/m0/s1. The van der Waals surface area contributed by atoms with Crippen LogP contribution in [0.2, 0.25) is 0 Å². The molecule has 5 aliphatic carbocycles. The average Bonchev–Trinajstić information content (AvgIpc) is 3.34. The van der Waals surface area contributed by atoms with Gasteiger partial charge >= 0.3 is 5.97 Å². The molecule has 5 saturated carbocycles. The van der Waals surface area contributed by atoms with Gasteiger partial charge in [0.1, 0.15) is 0 Å². The summed E-state index contributed by atoms with van der Waals surface area (Å²) in [5, 5.41) is 11.0. The fourth-order valence-electron chi connectivity index (χ4n) is 12.5. The molecule has 0 heterocycles. The first-order valence-corrected chi connectivity index (χ1v) is 17.0. The molecule has 6 rings (SSSR count). The number of allylic oxidation sites excluding steroid dienone is 1. The van der Waals surface area contributed by atoms with Crippen molar-refractivity contribution in [2.45, 2.75) is 112 Å². The van der Waals surface area contributed by atoms with Gasteiger partial charge in [0.15, 0.2) is 0 Å². The Balaban J connectivity index is 1.27. The summed E-state index contributed by atoms with van der Waals surface area (Å²) in [5.74, 6) is 2.76. The van der Waals surface area contributed by atoms with Gasteiger partial charge in [-0.2, -0.15) is 0 Å². The largest absolute Gasteiger partial charge is 0.462 e. The van der Waals surface area contributed by atoms with Crippen molar-refractivity contribution in [3.63, 3.8) is 0 Å². The van der Waals surface area contributed by atoms with Crippen LogP contribution in [0.1, 0.15) is 111 Å². The lowest BCUT2D eigenvalue weighted by molar-refractivity contribution is -0.249. The molecule has 0 amide bonds. The molecule has 0 radical (unpaired) electrons. The third-order valence-electron chi connectivity index (χ3n) is 14.9. The number of carbonyl (C=O) groups is 1. The van der Waals surface area contributed by atoms with Crippen molar-refractivity contribution in [1.29, 1.82) is 0 Å². The Bertz CT molecular complexity index is 1230. The average molecular weight is 573 g/mol. The molecule has 5 aliphatic rings. The van der Waals surface area contributed by atoms with Crippen molar-refractivity contribution in [1.82, 2.24) is 0 Å². The van der Waals surface area contributed by atoms with Gasteiger partial charge in [-0.05, 0) is 134 Å². The van der Waals surface area contributed by atoms with Crippen LogP contribution in [0.25, 0.3) is 6.08 Å². The van der Waals surface area contributed by atoms with Crippen LogP contribution in [0.4, 0.5) is 0 Å². The Kier molecular flexibility index (Phi) is 7.44. The number of rotatable bonds is 5. The van der Waals surface area contributed by atoms with Crippen LogP contribution in [0.5, 0.6) is 0 Å². The third kappa shape index (κ3) is 4.33. The molecule has 0 aliphatic heterocycles. The number of esters is 1. The fraction of sp³-hybridized carbons (Fsp3) is 0.718. The van der Waals surface area contributed by atoms with Gasteiger partial charge in [0.25, 0.3) is 0 Å². The number of aliphatic hydroxyl groups is 1. The van der Waals surface area contributed by atoms with Crippen LogP contribution >= 0.6 is 0 Å². The Morgan fingerprint density at radius 1 is 0.905 bits per heavy atom. The van der Waals surface area contributed by atoms with Crippen molar-refractivity contribution in [2.24, 2.45) is 56.7 Å². The lowest BCUT2D eigenvalue weighted by Crippen LogP contribution is -2.66. The van der Waals surface area contributed by atoms with Crippen molar-refractivity contribution >= 4 is 12.0 Å². The number of fused-ring (bicyclic) bond motifs is 7. The molecule has 10 atom stereocenters. The highest BCUT2D eigenvalue weighted by Gasteiger charge is 2.70. The van der Waals surface area contributed by atoms with Gasteiger partial charge in [0, 0.05) is 11.5 Å². The highest BCUT2D eigenvalue weighted by molar-refractivity contribution is 5.87. The predicted molar refractivity (Wildman–Crippen MR) is 171 cm³/mol. The first-order valence-electron chi connectivity index (χ1n) is 17.0. The first-order chi connectivity index (χ1) is 19.8. The van der Waals surface area contributed by atoms with E-state index in [4.69, 9.17) is 4.74 Å². The van der Waals surface area contributed by atoms with E-state index in [0.29, 0.717) is 47.0 Å². The van der Waals surface area contributed by atoms with Crippen molar-refractivity contribution < 1.29 is 14.6 Å². The maximum absolute atomic E-state index is 12.9. The van der Waals surface area contributed by atoms with E-state index in [0.717, 1.165) is 31.2 Å². The molecule has 1 aromatic rings. The van der Waals surface area contributed by atoms with Gasteiger partial charge in [-0.1, -0.05) is 77.1 Å². The number of hydrogen-bond acceptors (Lipinski definition) is 3. The second-order valence-corrected chi connectivity index (χ2v) is 16.8. The van der Waals surface area contributed by atoms with Crippen LogP contribution in [-0.2, 0) is 9.53 Å². The van der Waals surface area contributed by atoms with E-state index in [9.17, 15) is 9.90 Å². The van der Waals surface area contributed by atoms with E-state index in [1.807, 2.05) is 36.4 Å². The molecule has 3 heteroatoms. The molecule has 42 heavy (non-hydrogen) atoms. The molecule has 1 aromatic carbocycles. The van der Waals surface area contributed by atoms with Crippen LogP contribution in [0, 0.1) is 56.7 Å². The Labute approximate surface area is 255 Å². The summed E-state index contributed by atoms with van der Waals surface area (Å²) in [6.45, 7) is 20.0. The van der Waals surface area contributed by atoms with Gasteiger partial charge < -0.3 is 9.84 Å². The second kappa shape index (κ2) is 10.4. The van der Waals surface area contributed by atoms with E-state index >= 15 is 0 Å². The maximum Gasteiger partial charge on any atom is 0.330 e. The summed E-state index contributed by atoms with van der Waals surface area (Å²) in [7, 11) is 0. The van der Waals surface area contributed by atoms with E-state index < -0.39 is 0 Å². The monoisotopic (exact) mass is 572 g/mol. The maximum atomic E-state index is 12.9. The van der Waals surface area contributed by atoms with Crippen LogP contribution < -0.4 is 0 Å². The fourth-order valence-corrected chi connectivity index (χ4v) is 12.5. The molecule has 5 fully saturated rings. The highest BCUT2D eigenvalue weighted by atomic mass is 16.5. The minimum Gasteiger partial charge on any atom is -0.462 e. The van der Waals surface area contributed by atoms with Crippen molar-refractivity contribution in [3.05, 3.63) is 54.1 Å². The minimum absolute atomic E-state index is 0.0108. The minimum atomic E-state index is -0.219. The number of carbonyl (C=O) groups excluding carboxylic acids is 1. The number of aliphatic hydroxyl groups excluding tert-OH is 1. The van der Waals surface area contributed by atoms with Gasteiger partial charge in [-0.15, -0.1) is 0 Å². The molecule has 230 valence electrons. The van der Waals surface area contributed by atoms with E-state index in [1.165, 1.54) is 44.1 Å². The van der Waals surface area contributed by atoms with Gasteiger partial charge in [0.05, 0.1) is 12.7 Å². The topological polar surface area (TPSA) is 46.5 Å². The summed E-state index contributed by atoms with van der Waals surface area (Å²) in [5.41, 5.74) is 3.26. The smallest absolute Gasteiger partial charge is 0.330 e. The highest BCUT2D eigenvalue weighted by Crippen LogP contribution is 2.77. The summed E-state index contributed by atoms with van der Waals surface area (Å²) >= 11 is 0. The van der Waals surface area contributed by atoms with E-state index in [1.54, 1.807) is 6.08 Å². The summed E-state index contributed by atoms with van der Waals surface area (Å²) in [4.78, 5) is 12.9. The predicted octanol–water partition coefficient (Wildman–Crippen LogP) is 9.26. The molecule has 0 aromatic heterocycles. The third-order valence-corrected chi connectivity index (χ3v) is 14.9. The normalized spacial score (nSPS) is 45.8. The summed E-state index contributed by atoms with van der Waals surface area (Å²) in [6, 6.07) is 9.99. The SMILES string of the molecule is C=C(C)[C@@H]1CC[C@]2(COC(=O)/C=C/c3ccccc3)CC[C@]3(C)[C@H](CC[C@@H]4[C@@]5(C)CC[C@H](O)C(C)(C)[C@H]5CC[C@]43C)[C@@H]12. The number of hydrogen-bond donors (Lipinski definition) is 1. The molecular weight excluding hydrogens is 516 g/mol. The van der Waals surface area contributed by atoms with Gasteiger partial charge in [-0.3, -0.25) is 0 Å². The van der Waals surface area contributed by atoms with E-state index in [2.05, 4.69) is 48.1 Å². The van der Waals surface area contributed by atoms with Crippen LogP contribution in [0.3, 0.4) is 0 Å². The molecular formula is C39H56O3. The first kappa shape index (κ1) is 30.2. The molecule has 0 bridgehead atoms. The summed E-state index contributed by atoms with van der Waals surface area (Å²) < 4.78 is 6.12. The van der Waals surface area contributed by atoms with Crippen molar-refractivity contribution in [3.8, 4) is 0 Å². The quantitative estimate of drug-likeness (QED) is 0.217. The van der Waals surface area contributed by atoms with Crippen LogP contribution in [-0.4, -0.2) is 23.8 Å². The van der Waals surface area contributed by atoms with Gasteiger partial charge in [-0.25, -0.2) is 4.79 Å².